The first-order valence-electron chi connectivity index (χ1n) is 7.92. The highest BCUT2D eigenvalue weighted by molar-refractivity contribution is 5.94. The van der Waals surface area contributed by atoms with E-state index in [1.807, 2.05) is 51.1 Å². The fraction of sp³-hybridized carbons (Fsp3) is 0.250. The third-order valence-corrected chi connectivity index (χ3v) is 3.44. The summed E-state index contributed by atoms with van der Waals surface area (Å²) >= 11 is 0. The summed E-state index contributed by atoms with van der Waals surface area (Å²) in [7, 11) is 0. The zero-order valence-electron chi connectivity index (χ0n) is 14.5. The maximum Gasteiger partial charge on any atom is 0.243 e. The molecule has 0 fully saturated rings. The summed E-state index contributed by atoms with van der Waals surface area (Å²) in [6.45, 7) is 10.4. The van der Waals surface area contributed by atoms with Crippen molar-refractivity contribution in [3.8, 4) is 5.75 Å². The van der Waals surface area contributed by atoms with Crippen LogP contribution < -0.4 is 15.4 Å². The molecule has 24 heavy (non-hydrogen) atoms. The molecule has 0 atom stereocenters. The van der Waals surface area contributed by atoms with E-state index >= 15 is 0 Å². The highest BCUT2D eigenvalue weighted by Gasteiger charge is 2.05. The van der Waals surface area contributed by atoms with Crippen LogP contribution in [0.4, 0.5) is 11.4 Å². The molecule has 0 radical (unpaired) electrons. The third-order valence-electron chi connectivity index (χ3n) is 3.44. The molecule has 4 nitrogen and oxygen atoms in total. The predicted molar refractivity (Wildman–Crippen MR) is 99.8 cm³/mol. The van der Waals surface area contributed by atoms with Gasteiger partial charge in [0.25, 0.3) is 0 Å². The molecule has 2 N–H and O–H groups in total. The van der Waals surface area contributed by atoms with Gasteiger partial charge in [0.15, 0.2) is 0 Å². The summed E-state index contributed by atoms with van der Waals surface area (Å²) in [6.07, 6.45) is 0. The predicted octanol–water partition coefficient (Wildman–Crippen LogP) is 4.31. The van der Waals surface area contributed by atoms with Gasteiger partial charge < -0.3 is 15.4 Å². The molecule has 0 heterocycles. The lowest BCUT2D eigenvalue weighted by atomic mass is 10.1. The van der Waals surface area contributed by atoms with E-state index < -0.39 is 0 Å². The fourth-order valence-electron chi connectivity index (χ4n) is 2.18. The molecule has 0 aromatic heterocycles. The summed E-state index contributed by atoms with van der Waals surface area (Å²) in [5.41, 5.74) is 4.90. The van der Waals surface area contributed by atoms with Crippen LogP contribution in [0.3, 0.4) is 0 Å². The highest BCUT2D eigenvalue weighted by Crippen LogP contribution is 2.18. The zero-order chi connectivity index (χ0) is 17.5. The van der Waals surface area contributed by atoms with Crippen LogP contribution in [0.25, 0.3) is 0 Å². The van der Waals surface area contributed by atoms with Gasteiger partial charge in [0.05, 0.1) is 6.54 Å². The van der Waals surface area contributed by atoms with Crippen molar-refractivity contribution in [2.75, 3.05) is 23.8 Å². The first-order valence-corrected chi connectivity index (χ1v) is 7.92. The van der Waals surface area contributed by atoms with Crippen LogP contribution in [0.1, 0.15) is 18.1 Å². The van der Waals surface area contributed by atoms with Gasteiger partial charge in [0.2, 0.25) is 5.91 Å². The van der Waals surface area contributed by atoms with Gasteiger partial charge in [-0.25, -0.2) is 0 Å². The lowest BCUT2D eigenvalue weighted by Crippen LogP contribution is -2.22. The van der Waals surface area contributed by atoms with Gasteiger partial charge in [-0.1, -0.05) is 24.8 Å². The van der Waals surface area contributed by atoms with E-state index in [-0.39, 0.29) is 12.5 Å². The Morgan fingerprint density at radius 3 is 2.71 bits per heavy atom. The normalized spacial score (nSPS) is 10.1. The minimum atomic E-state index is -0.104. The second kappa shape index (κ2) is 8.20. The molecule has 2 aromatic carbocycles. The van der Waals surface area contributed by atoms with Gasteiger partial charge in [-0.15, -0.1) is 0 Å². The van der Waals surface area contributed by atoms with Crippen molar-refractivity contribution in [1.82, 2.24) is 0 Å². The molecule has 0 saturated heterocycles. The molecule has 0 saturated carbocycles. The summed E-state index contributed by atoms with van der Waals surface area (Å²) in [6, 6.07) is 13.5. The first kappa shape index (κ1) is 17.6. The highest BCUT2D eigenvalue weighted by atomic mass is 16.5. The van der Waals surface area contributed by atoms with Crippen LogP contribution in [-0.2, 0) is 4.79 Å². The molecule has 2 aromatic rings. The summed E-state index contributed by atoms with van der Waals surface area (Å²) in [5.74, 6) is 0.603. The number of aryl methyl sites for hydroxylation is 2. The van der Waals surface area contributed by atoms with Crippen molar-refractivity contribution in [3.05, 3.63) is 65.7 Å². The second-order valence-electron chi connectivity index (χ2n) is 5.99. The Morgan fingerprint density at radius 2 is 1.96 bits per heavy atom. The van der Waals surface area contributed by atoms with Crippen molar-refractivity contribution >= 4 is 17.3 Å². The van der Waals surface area contributed by atoms with Crippen LogP contribution in [0.2, 0.25) is 0 Å². The number of nitrogens with one attached hydrogen (secondary N) is 2. The van der Waals surface area contributed by atoms with Gasteiger partial charge in [-0.3, -0.25) is 4.79 Å². The minimum absolute atomic E-state index is 0.104. The van der Waals surface area contributed by atoms with E-state index in [9.17, 15) is 4.79 Å². The monoisotopic (exact) mass is 324 g/mol. The van der Waals surface area contributed by atoms with Crippen LogP contribution in [0.15, 0.2) is 54.6 Å². The molecule has 2 rings (SSSR count). The molecule has 0 aliphatic carbocycles. The van der Waals surface area contributed by atoms with E-state index in [0.717, 1.165) is 22.4 Å². The Hall–Kier alpha value is -2.75. The topological polar surface area (TPSA) is 50.4 Å². The van der Waals surface area contributed by atoms with Crippen molar-refractivity contribution in [1.29, 1.82) is 0 Å². The number of carbonyl (C=O) groups excluding carboxylic acids is 1. The van der Waals surface area contributed by atoms with Gasteiger partial charge in [-0.2, -0.15) is 0 Å². The maximum atomic E-state index is 12.1. The third kappa shape index (κ3) is 5.47. The number of ether oxygens (including phenoxy) is 1. The Balaban J connectivity index is 1.91. The fourth-order valence-corrected chi connectivity index (χ4v) is 2.18. The minimum Gasteiger partial charge on any atom is -0.489 e. The van der Waals surface area contributed by atoms with Gasteiger partial charge >= 0.3 is 0 Å². The number of benzene rings is 2. The molecule has 126 valence electrons. The van der Waals surface area contributed by atoms with E-state index in [4.69, 9.17) is 4.74 Å². The standard InChI is InChI=1S/C20H24N2O2/c1-14(2)13-24-18-7-5-6-17(11-18)22-20(23)12-21-19-10-15(3)8-9-16(19)4/h5-11,21H,1,12-13H2,2-4H3,(H,22,23). The average molecular weight is 324 g/mol. The molecular weight excluding hydrogens is 300 g/mol. The quantitative estimate of drug-likeness (QED) is 0.746. The molecule has 0 aliphatic rings. The Morgan fingerprint density at radius 1 is 1.17 bits per heavy atom. The first-order chi connectivity index (χ1) is 11.4. The van der Waals surface area contributed by atoms with Crippen LogP contribution in [0.5, 0.6) is 5.75 Å². The Kier molecular flexibility index (Phi) is 6.01. The van der Waals surface area contributed by atoms with Crippen LogP contribution >= 0.6 is 0 Å². The Labute approximate surface area is 143 Å². The second-order valence-corrected chi connectivity index (χ2v) is 5.99. The van der Waals surface area contributed by atoms with Gasteiger partial charge in [0, 0.05) is 17.4 Å². The van der Waals surface area contributed by atoms with E-state index in [0.29, 0.717) is 18.0 Å². The number of anilines is 2. The summed E-state index contributed by atoms with van der Waals surface area (Å²) in [4.78, 5) is 12.1. The molecule has 1 amide bonds. The average Bonchev–Trinajstić information content (AvgIpc) is 2.54. The smallest absolute Gasteiger partial charge is 0.243 e. The van der Waals surface area contributed by atoms with Crippen LogP contribution in [0, 0.1) is 13.8 Å². The van der Waals surface area contributed by atoms with Gasteiger partial charge in [-0.05, 0) is 55.7 Å². The summed E-state index contributed by atoms with van der Waals surface area (Å²) < 4.78 is 5.58. The molecule has 0 spiro atoms. The number of hydrogen-bond acceptors (Lipinski definition) is 3. The van der Waals surface area contributed by atoms with Crippen molar-refractivity contribution in [3.63, 3.8) is 0 Å². The van der Waals surface area contributed by atoms with Crippen molar-refractivity contribution in [2.45, 2.75) is 20.8 Å². The van der Waals surface area contributed by atoms with Crippen molar-refractivity contribution in [2.24, 2.45) is 0 Å². The number of rotatable bonds is 7. The number of carbonyl (C=O) groups is 1. The molecule has 4 heteroatoms. The largest absolute Gasteiger partial charge is 0.489 e. The van der Waals surface area contributed by atoms with Gasteiger partial charge in [0.1, 0.15) is 12.4 Å². The Bertz CT molecular complexity index is 738. The SMILES string of the molecule is C=C(C)COc1cccc(NC(=O)CNc2cc(C)ccc2C)c1. The van der Waals surface area contributed by atoms with E-state index in [1.54, 1.807) is 6.07 Å². The van der Waals surface area contributed by atoms with Crippen LogP contribution in [-0.4, -0.2) is 19.1 Å². The van der Waals surface area contributed by atoms with E-state index in [1.165, 1.54) is 0 Å². The number of hydrogen-bond donors (Lipinski definition) is 2. The lowest BCUT2D eigenvalue weighted by molar-refractivity contribution is -0.114. The molecule has 0 bridgehead atoms. The molecule has 0 unspecified atom stereocenters. The van der Waals surface area contributed by atoms with Crippen molar-refractivity contribution < 1.29 is 9.53 Å². The summed E-state index contributed by atoms with van der Waals surface area (Å²) in [5, 5.41) is 6.04. The molecular formula is C20H24N2O2. The van der Waals surface area contributed by atoms with E-state index in [2.05, 4.69) is 23.3 Å². The maximum absolute atomic E-state index is 12.1. The molecule has 0 aliphatic heterocycles. The lowest BCUT2D eigenvalue weighted by Gasteiger charge is -2.12. The zero-order valence-corrected chi connectivity index (χ0v) is 14.5. The number of amides is 1.